The van der Waals surface area contributed by atoms with E-state index in [-0.39, 0.29) is 17.6 Å². The molecule has 10 nitrogen and oxygen atoms in total. The summed E-state index contributed by atoms with van der Waals surface area (Å²) in [5.41, 5.74) is 1.57. The number of nitriles is 1. The predicted octanol–water partition coefficient (Wildman–Crippen LogP) is 4.19. The van der Waals surface area contributed by atoms with Crippen LogP contribution in [0, 0.1) is 17.2 Å². The van der Waals surface area contributed by atoms with Gasteiger partial charge in [0.1, 0.15) is 15.6 Å². The van der Waals surface area contributed by atoms with Crippen LogP contribution in [0.3, 0.4) is 0 Å². The van der Waals surface area contributed by atoms with E-state index in [1.54, 1.807) is 71.5 Å². The van der Waals surface area contributed by atoms with E-state index in [0.29, 0.717) is 66.5 Å². The monoisotopic (exact) mass is 652 g/mol. The van der Waals surface area contributed by atoms with Gasteiger partial charge >= 0.3 is 0 Å². The summed E-state index contributed by atoms with van der Waals surface area (Å²) in [5.74, 6) is -0.0402. The number of thiophene rings is 1. The van der Waals surface area contributed by atoms with Gasteiger partial charge < -0.3 is 5.32 Å². The van der Waals surface area contributed by atoms with E-state index in [0.717, 1.165) is 11.1 Å². The summed E-state index contributed by atoms with van der Waals surface area (Å²) >= 11 is 1.20. The zero-order valence-electron chi connectivity index (χ0n) is 25.0. The average molecular weight is 653 g/mol. The van der Waals surface area contributed by atoms with Crippen molar-refractivity contribution in [2.24, 2.45) is 5.92 Å². The first-order valence-electron chi connectivity index (χ1n) is 15.0. The largest absolute Gasteiger partial charge is 0.357 e. The molecule has 0 atom stereocenters. The van der Waals surface area contributed by atoms with Gasteiger partial charge in [0.05, 0.1) is 11.6 Å². The molecule has 0 saturated carbocycles. The number of allylic oxidation sites excluding steroid dienone is 1. The standard InChI is InChI=1S/C34H32N6O4S2/c35-23-27-3-5-29(6-4-27)30(41)20-31-38-34(21-25-7-13-36-14-8-25,22-26-9-15-37-16-10-26)33(42)40(31)24-28-11-17-39(18-12-28)46(43,44)32-2-1-19-45-32/h1-10,13-16,19-20,28,38H,11-12,17-18,21-22,24H2/b31-20+. The molecule has 1 amide bonds. The van der Waals surface area contributed by atoms with Crippen molar-refractivity contribution in [3.63, 3.8) is 0 Å². The van der Waals surface area contributed by atoms with Gasteiger partial charge in [-0.15, -0.1) is 11.3 Å². The summed E-state index contributed by atoms with van der Waals surface area (Å²) in [4.78, 5) is 38.1. The molecule has 2 fully saturated rings. The van der Waals surface area contributed by atoms with Crippen LogP contribution in [0.25, 0.3) is 0 Å². The maximum Gasteiger partial charge on any atom is 0.254 e. The summed E-state index contributed by atoms with van der Waals surface area (Å²) in [6.45, 7) is 1.03. The number of nitrogens with zero attached hydrogens (tertiary/aromatic N) is 5. The molecule has 2 aliphatic heterocycles. The molecule has 0 unspecified atom stereocenters. The number of rotatable bonds is 10. The maximum atomic E-state index is 14.6. The first-order chi connectivity index (χ1) is 22.3. The first kappa shape index (κ1) is 31.3. The fourth-order valence-corrected chi connectivity index (χ4v) is 8.69. The second-order valence-electron chi connectivity index (χ2n) is 11.5. The van der Waals surface area contributed by atoms with Gasteiger partial charge in [-0.2, -0.15) is 9.57 Å². The second kappa shape index (κ2) is 13.3. The normalized spacial score (nSPS) is 17.9. The number of pyridine rings is 2. The zero-order valence-corrected chi connectivity index (χ0v) is 26.6. The lowest BCUT2D eigenvalue weighted by Gasteiger charge is -2.33. The molecule has 3 aromatic heterocycles. The van der Waals surface area contributed by atoms with Crippen LogP contribution in [-0.4, -0.2) is 64.5 Å². The molecule has 6 rings (SSSR count). The number of nitrogens with one attached hydrogen (secondary N) is 1. The van der Waals surface area contributed by atoms with Gasteiger partial charge in [-0.25, -0.2) is 8.42 Å². The molecule has 234 valence electrons. The number of sulfonamides is 1. The van der Waals surface area contributed by atoms with Crippen molar-refractivity contribution in [3.05, 3.63) is 125 Å². The van der Waals surface area contributed by atoms with E-state index in [9.17, 15) is 23.3 Å². The van der Waals surface area contributed by atoms with Gasteiger partial charge in [-0.05, 0) is 89.9 Å². The summed E-state index contributed by atoms with van der Waals surface area (Å²) < 4.78 is 28.1. The Morgan fingerprint density at radius 2 is 1.59 bits per heavy atom. The quantitative estimate of drug-likeness (QED) is 0.199. The molecule has 12 heteroatoms. The van der Waals surface area contributed by atoms with Crippen LogP contribution in [0.5, 0.6) is 0 Å². The molecule has 0 bridgehead atoms. The Morgan fingerprint density at radius 1 is 0.978 bits per heavy atom. The summed E-state index contributed by atoms with van der Waals surface area (Å²) in [5, 5.41) is 14.4. The number of carbonyl (C=O) groups is 2. The number of aromatic nitrogens is 2. The van der Waals surface area contributed by atoms with E-state index in [4.69, 9.17) is 0 Å². The molecule has 0 spiro atoms. The Labute approximate surface area is 272 Å². The third-order valence-corrected chi connectivity index (χ3v) is 11.8. The molecule has 2 saturated heterocycles. The Kier molecular flexibility index (Phi) is 9.08. The molecular weight excluding hydrogens is 621 g/mol. The minimum Gasteiger partial charge on any atom is -0.357 e. The molecule has 46 heavy (non-hydrogen) atoms. The number of piperidine rings is 1. The highest BCUT2D eigenvalue weighted by Gasteiger charge is 2.50. The SMILES string of the molecule is N#Cc1ccc(C(=O)/C=C2\NC(Cc3ccncc3)(Cc3ccncc3)C(=O)N2CC2CCN(S(=O)(=O)c3cccs3)CC2)cc1. The molecule has 0 radical (unpaired) electrons. The Morgan fingerprint density at radius 3 is 2.13 bits per heavy atom. The molecule has 5 heterocycles. The van der Waals surface area contributed by atoms with E-state index in [1.165, 1.54) is 21.7 Å². The van der Waals surface area contributed by atoms with Crippen molar-refractivity contribution in [2.75, 3.05) is 19.6 Å². The van der Waals surface area contributed by atoms with Crippen molar-refractivity contribution >= 4 is 33.1 Å². The van der Waals surface area contributed by atoms with E-state index in [1.807, 2.05) is 24.3 Å². The Hall–Kier alpha value is -4.70. The lowest BCUT2D eigenvalue weighted by molar-refractivity contribution is -0.132. The van der Waals surface area contributed by atoms with Crippen molar-refractivity contribution in [2.45, 2.75) is 35.4 Å². The summed E-state index contributed by atoms with van der Waals surface area (Å²) in [6, 6.07) is 19.3. The topological polar surface area (TPSA) is 136 Å². The number of amides is 1. The van der Waals surface area contributed by atoms with Crippen LogP contribution in [0.1, 0.15) is 39.9 Å². The number of ketones is 1. The van der Waals surface area contributed by atoms with Gasteiger partial charge in [0.2, 0.25) is 0 Å². The highest BCUT2D eigenvalue weighted by Crippen LogP contribution is 2.34. The van der Waals surface area contributed by atoms with Crippen molar-refractivity contribution in [3.8, 4) is 6.07 Å². The Balaban J connectivity index is 1.31. The third-order valence-electron chi connectivity index (χ3n) is 8.49. The van der Waals surface area contributed by atoms with Gasteiger partial charge in [0.15, 0.2) is 5.78 Å². The lowest BCUT2D eigenvalue weighted by Crippen LogP contribution is -2.51. The fourth-order valence-electron chi connectivity index (χ4n) is 6.07. The van der Waals surface area contributed by atoms with E-state index in [2.05, 4.69) is 21.4 Å². The minimum absolute atomic E-state index is 0.0200. The van der Waals surface area contributed by atoms with Crippen LogP contribution in [0.2, 0.25) is 0 Å². The molecular formula is C34H32N6O4S2. The van der Waals surface area contributed by atoms with Gasteiger partial charge in [-0.1, -0.05) is 6.07 Å². The van der Waals surface area contributed by atoms with Gasteiger partial charge in [0, 0.05) is 68.9 Å². The smallest absolute Gasteiger partial charge is 0.254 e. The van der Waals surface area contributed by atoms with Crippen molar-refractivity contribution in [1.29, 1.82) is 5.26 Å². The molecule has 4 aromatic rings. The van der Waals surface area contributed by atoms with Crippen molar-refractivity contribution in [1.82, 2.24) is 24.5 Å². The minimum atomic E-state index is -3.56. The molecule has 2 aliphatic rings. The maximum absolute atomic E-state index is 14.6. The summed E-state index contributed by atoms with van der Waals surface area (Å²) in [7, 11) is -3.56. The highest BCUT2D eigenvalue weighted by atomic mass is 32.2. The second-order valence-corrected chi connectivity index (χ2v) is 14.7. The number of hydrogen-bond acceptors (Lipinski definition) is 9. The average Bonchev–Trinajstić information content (AvgIpc) is 3.71. The molecule has 1 aromatic carbocycles. The van der Waals surface area contributed by atoms with Gasteiger partial charge in [-0.3, -0.25) is 24.5 Å². The third kappa shape index (κ3) is 6.62. The number of carbonyl (C=O) groups excluding carboxylic acids is 2. The van der Waals surface area contributed by atoms with Gasteiger partial charge in [0.25, 0.3) is 15.9 Å². The molecule has 0 aliphatic carbocycles. The summed E-state index contributed by atoms with van der Waals surface area (Å²) in [6.07, 6.45) is 10.1. The number of hydrogen-bond donors (Lipinski definition) is 1. The zero-order chi connectivity index (χ0) is 32.1. The van der Waals surface area contributed by atoms with Crippen LogP contribution in [0.15, 0.2) is 107 Å². The highest BCUT2D eigenvalue weighted by molar-refractivity contribution is 7.91. The van der Waals surface area contributed by atoms with Crippen LogP contribution in [-0.2, 0) is 27.7 Å². The van der Waals surface area contributed by atoms with Crippen molar-refractivity contribution < 1.29 is 18.0 Å². The van der Waals surface area contributed by atoms with Crippen LogP contribution >= 0.6 is 11.3 Å². The molecule has 1 N–H and O–H groups in total. The lowest BCUT2D eigenvalue weighted by atomic mass is 9.84. The predicted molar refractivity (Wildman–Crippen MR) is 173 cm³/mol. The van der Waals surface area contributed by atoms with E-state index >= 15 is 0 Å². The van der Waals surface area contributed by atoms with Crippen LogP contribution in [0.4, 0.5) is 0 Å². The Bertz CT molecular complexity index is 1820. The van der Waals surface area contributed by atoms with E-state index < -0.39 is 15.6 Å². The number of benzene rings is 1. The van der Waals surface area contributed by atoms with Crippen LogP contribution < -0.4 is 5.32 Å². The fraction of sp³-hybridized carbons (Fsp3) is 0.265. The first-order valence-corrected chi connectivity index (χ1v) is 17.3.